The lowest BCUT2D eigenvalue weighted by molar-refractivity contribution is -0.122. The molecule has 0 bridgehead atoms. The normalized spacial score (nSPS) is 14.7. The second kappa shape index (κ2) is 9.46. The Kier molecular flexibility index (Phi) is 6.94. The van der Waals surface area contributed by atoms with Crippen molar-refractivity contribution in [2.75, 3.05) is 0 Å². The Bertz CT molecular complexity index is 958. The largest absolute Gasteiger partial charge is 0.508 e. The molecule has 1 aliphatic rings. The lowest BCUT2D eigenvalue weighted by Crippen LogP contribution is -2.54. The van der Waals surface area contributed by atoms with Gasteiger partial charge in [-0.2, -0.15) is 0 Å². The summed E-state index contributed by atoms with van der Waals surface area (Å²) in [6, 6.07) is 11.5. The maximum atomic E-state index is 13.5. The topological polar surface area (TPSA) is 83.5 Å². The first-order valence-electron chi connectivity index (χ1n) is 11.2. The zero-order valence-electron chi connectivity index (χ0n) is 18.5. The third kappa shape index (κ3) is 4.27. The van der Waals surface area contributed by atoms with E-state index < -0.39 is 17.1 Å². The molecule has 0 unspecified atom stereocenters. The Morgan fingerprint density at radius 1 is 0.968 bits per heavy atom. The van der Waals surface area contributed by atoms with E-state index in [4.69, 9.17) is 0 Å². The monoisotopic (exact) mass is 421 g/mol. The van der Waals surface area contributed by atoms with Crippen molar-refractivity contribution >= 4 is 17.5 Å². The van der Waals surface area contributed by atoms with Gasteiger partial charge in [0.15, 0.2) is 5.54 Å². The van der Waals surface area contributed by atoms with E-state index >= 15 is 0 Å². The zero-order valence-corrected chi connectivity index (χ0v) is 18.5. The molecule has 2 aromatic rings. The fraction of sp³-hybridized carbons (Fsp3) is 0.423. The molecule has 0 fully saturated rings. The number of hydrogen-bond acceptors (Lipinski definition) is 4. The van der Waals surface area contributed by atoms with Gasteiger partial charge in [0.05, 0.1) is 0 Å². The van der Waals surface area contributed by atoms with Crippen molar-refractivity contribution in [3.05, 3.63) is 64.7 Å². The third-order valence-corrected chi connectivity index (χ3v) is 6.02. The average Bonchev–Trinajstić information content (AvgIpc) is 2.96. The number of aromatic hydroxyl groups is 1. The van der Waals surface area contributed by atoms with E-state index in [1.165, 1.54) is 0 Å². The molecule has 0 aromatic heterocycles. The number of nitrogens with one attached hydrogen (secondary N) is 1. The molecule has 164 valence electrons. The van der Waals surface area contributed by atoms with Crippen LogP contribution in [0.3, 0.4) is 0 Å². The summed E-state index contributed by atoms with van der Waals surface area (Å²) >= 11 is 0. The number of benzene rings is 2. The van der Waals surface area contributed by atoms with Gasteiger partial charge < -0.3 is 10.4 Å². The van der Waals surface area contributed by atoms with E-state index in [-0.39, 0.29) is 40.7 Å². The summed E-state index contributed by atoms with van der Waals surface area (Å²) in [5.74, 6) is -1.36. The van der Waals surface area contributed by atoms with E-state index in [0.29, 0.717) is 6.42 Å². The third-order valence-electron chi connectivity index (χ3n) is 6.02. The first kappa shape index (κ1) is 22.7. The molecule has 5 nitrogen and oxygen atoms in total. The summed E-state index contributed by atoms with van der Waals surface area (Å²) in [4.78, 5) is 39.9. The van der Waals surface area contributed by atoms with Crippen LogP contribution in [-0.4, -0.2) is 22.6 Å². The molecule has 5 heteroatoms. The molecule has 0 heterocycles. The SMILES string of the molecule is CCCCCCCC(=O)NC1(c2ccc(C(C)C)cc2O)C(=O)c2ccccc2C1=O. The highest BCUT2D eigenvalue weighted by Crippen LogP contribution is 2.42. The average molecular weight is 422 g/mol. The van der Waals surface area contributed by atoms with Gasteiger partial charge in [0, 0.05) is 23.1 Å². The van der Waals surface area contributed by atoms with Crippen LogP contribution in [0.1, 0.15) is 97.1 Å². The van der Waals surface area contributed by atoms with Crippen molar-refractivity contribution in [1.29, 1.82) is 0 Å². The van der Waals surface area contributed by atoms with E-state index in [9.17, 15) is 19.5 Å². The van der Waals surface area contributed by atoms with Crippen LogP contribution in [0.15, 0.2) is 42.5 Å². The second-order valence-corrected chi connectivity index (χ2v) is 8.60. The number of fused-ring (bicyclic) bond motifs is 1. The Morgan fingerprint density at radius 2 is 1.58 bits per heavy atom. The predicted molar refractivity (Wildman–Crippen MR) is 120 cm³/mol. The Hall–Kier alpha value is -2.95. The Morgan fingerprint density at radius 3 is 2.13 bits per heavy atom. The van der Waals surface area contributed by atoms with Crippen molar-refractivity contribution in [3.63, 3.8) is 0 Å². The summed E-state index contributed by atoms with van der Waals surface area (Å²) in [5.41, 5.74) is -0.383. The molecular weight excluding hydrogens is 390 g/mol. The molecule has 1 aliphatic carbocycles. The molecule has 0 radical (unpaired) electrons. The molecule has 0 spiro atoms. The van der Waals surface area contributed by atoms with E-state index in [0.717, 1.165) is 31.2 Å². The molecular formula is C26H31NO4. The fourth-order valence-electron chi connectivity index (χ4n) is 4.20. The highest BCUT2D eigenvalue weighted by molar-refractivity contribution is 6.34. The van der Waals surface area contributed by atoms with Crippen LogP contribution in [0, 0.1) is 0 Å². The van der Waals surface area contributed by atoms with E-state index in [1.54, 1.807) is 42.5 Å². The van der Waals surface area contributed by atoms with Crippen LogP contribution in [0.4, 0.5) is 0 Å². The van der Waals surface area contributed by atoms with Crippen molar-refractivity contribution in [2.45, 2.75) is 70.8 Å². The van der Waals surface area contributed by atoms with Crippen LogP contribution in [0.25, 0.3) is 0 Å². The summed E-state index contributed by atoms with van der Waals surface area (Å²) in [7, 11) is 0. The molecule has 3 rings (SSSR count). The number of unbranched alkanes of at least 4 members (excludes halogenated alkanes) is 4. The van der Waals surface area contributed by atoms with Gasteiger partial charge in [0.1, 0.15) is 5.75 Å². The number of amides is 1. The van der Waals surface area contributed by atoms with Crippen LogP contribution < -0.4 is 5.32 Å². The lowest BCUT2D eigenvalue weighted by atomic mass is 9.82. The number of rotatable bonds is 9. The Labute approximate surface area is 183 Å². The number of phenols is 1. The number of ketones is 2. The molecule has 1 amide bonds. The number of carbonyl (C=O) groups is 3. The van der Waals surface area contributed by atoms with Gasteiger partial charge in [-0.15, -0.1) is 0 Å². The molecule has 0 atom stereocenters. The second-order valence-electron chi connectivity index (χ2n) is 8.60. The first-order valence-corrected chi connectivity index (χ1v) is 11.2. The van der Waals surface area contributed by atoms with Gasteiger partial charge >= 0.3 is 0 Å². The van der Waals surface area contributed by atoms with Crippen molar-refractivity contribution in [1.82, 2.24) is 5.32 Å². The van der Waals surface area contributed by atoms with Crippen molar-refractivity contribution < 1.29 is 19.5 Å². The van der Waals surface area contributed by atoms with Crippen molar-refractivity contribution in [3.8, 4) is 5.75 Å². The highest BCUT2D eigenvalue weighted by atomic mass is 16.3. The number of Topliss-reactive ketones (excluding diaryl/α,β-unsaturated/α-hetero) is 2. The number of carbonyl (C=O) groups excluding carboxylic acids is 3. The summed E-state index contributed by atoms with van der Waals surface area (Å²) in [6.45, 7) is 6.11. The zero-order chi connectivity index (χ0) is 22.6. The van der Waals surface area contributed by atoms with E-state index in [1.807, 2.05) is 13.8 Å². The minimum atomic E-state index is -1.93. The van der Waals surface area contributed by atoms with Crippen molar-refractivity contribution in [2.24, 2.45) is 0 Å². The quantitative estimate of drug-likeness (QED) is 0.427. The molecule has 0 saturated carbocycles. The molecule has 0 saturated heterocycles. The van der Waals surface area contributed by atoms with Crippen LogP contribution in [0.2, 0.25) is 0 Å². The number of phenolic OH excluding ortho intramolecular Hbond substituents is 1. The van der Waals surface area contributed by atoms with E-state index in [2.05, 4.69) is 12.2 Å². The summed E-state index contributed by atoms with van der Waals surface area (Å²) < 4.78 is 0. The van der Waals surface area contributed by atoms with Gasteiger partial charge in [-0.1, -0.05) is 82.9 Å². The molecule has 2 aromatic carbocycles. The minimum absolute atomic E-state index is 0.127. The standard InChI is InChI=1S/C26H31NO4/c1-4-5-6-7-8-13-23(29)27-26(21-15-14-18(17(2)3)16-22(21)28)24(30)19-11-9-10-12-20(19)25(26)31/h9-12,14-17,28H,4-8,13H2,1-3H3,(H,27,29). The van der Waals surface area contributed by atoms with Gasteiger partial charge in [-0.3, -0.25) is 14.4 Å². The summed E-state index contributed by atoms with van der Waals surface area (Å²) in [5, 5.41) is 13.5. The summed E-state index contributed by atoms with van der Waals surface area (Å²) in [6.07, 6.45) is 5.12. The fourth-order valence-corrected chi connectivity index (χ4v) is 4.20. The molecule has 2 N–H and O–H groups in total. The van der Waals surface area contributed by atoms with Crippen LogP contribution in [-0.2, 0) is 10.3 Å². The maximum Gasteiger partial charge on any atom is 0.221 e. The van der Waals surface area contributed by atoms with Gasteiger partial charge in [-0.25, -0.2) is 0 Å². The van der Waals surface area contributed by atoms with Gasteiger partial charge in [0.25, 0.3) is 0 Å². The molecule has 0 aliphatic heterocycles. The van der Waals surface area contributed by atoms with Crippen LogP contribution in [0.5, 0.6) is 5.75 Å². The van der Waals surface area contributed by atoms with Gasteiger partial charge in [0.2, 0.25) is 17.5 Å². The lowest BCUT2D eigenvalue weighted by Gasteiger charge is -2.29. The highest BCUT2D eigenvalue weighted by Gasteiger charge is 2.56. The smallest absolute Gasteiger partial charge is 0.221 e. The van der Waals surface area contributed by atoms with Crippen LogP contribution >= 0.6 is 0 Å². The molecule has 31 heavy (non-hydrogen) atoms. The minimum Gasteiger partial charge on any atom is -0.508 e. The Balaban J connectivity index is 1.98. The maximum absolute atomic E-state index is 13.5. The number of hydrogen-bond donors (Lipinski definition) is 2. The predicted octanol–water partition coefficient (Wildman–Crippen LogP) is 5.27. The van der Waals surface area contributed by atoms with Gasteiger partial charge in [-0.05, 0) is 24.0 Å². The first-order chi connectivity index (χ1) is 14.8.